The molecule has 0 fully saturated rings. The quantitative estimate of drug-likeness (QED) is 0.840. The second-order valence-corrected chi connectivity index (χ2v) is 4.19. The Morgan fingerprint density at radius 1 is 0.900 bits per heavy atom. The number of carboxylic acids is 1. The maximum atomic E-state index is 11.8. The Morgan fingerprint density at radius 3 is 1.45 bits per heavy atom. The normalized spacial score (nSPS) is 10.9. The summed E-state index contributed by atoms with van der Waals surface area (Å²) in [6.07, 6.45) is 0. The Kier molecular flexibility index (Phi) is 6.13. The third-order valence-electron chi connectivity index (χ3n) is 2.46. The van der Waals surface area contributed by atoms with Crippen LogP contribution in [0.25, 0.3) is 0 Å². The van der Waals surface area contributed by atoms with Crippen molar-refractivity contribution in [1.29, 1.82) is 0 Å². The molecule has 0 radical (unpaired) electrons. The number of carbonyl (C=O) groups excluding carboxylic acids is 1. The van der Waals surface area contributed by atoms with E-state index in [2.05, 4.69) is 0 Å². The van der Waals surface area contributed by atoms with Gasteiger partial charge in [-0.3, -0.25) is 9.59 Å². The van der Waals surface area contributed by atoms with Gasteiger partial charge in [-0.2, -0.15) is 0 Å². The zero-order valence-corrected chi connectivity index (χ0v) is 11.2. The molecule has 2 rings (SSSR count). The first-order chi connectivity index (χ1) is 9.52. The van der Waals surface area contributed by atoms with Gasteiger partial charge in [-0.15, -0.1) is 0 Å². The van der Waals surface area contributed by atoms with Crippen LogP contribution in [0.15, 0.2) is 60.7 Å². The van der Waals surface area contributed by atoms with Gasteiger partial charge in [-0.1, -0.05) is 60.7 Å². The Labute approximate surface area is 117 Å². The summed E-state index contributed by atoms with van der Waals surface area (Å²) < 4.78 is 0. The summed E-state index contributed by atoms with van der Waals surface area (Å²) in [5, 5.41) is 7.87. The number of nitrogens with two attached hydrogens (primary N) is 1. The summed E-state index contributed by atoms with van der Waals surface area (Å²) in [7, 11) is 0. The molecule has 0 aromatic heterocycles. The molecule has 0 aliphatic rings. The summed E-state index contributed by atoms with van der Waals surface area (Å²) in [5.41, 5.74) is 6.31. The monoisotopic (exact) mass is 271 g/mol. The van der Waals surface area contributed by atoms with Gasteiger partial charge >= 0.3 is 5.97 Å². The van der Waals surface area contributed by atoms with Gasteiger partial charge in [0.25, 0.3) is 0 Å². The smallest absolute Gasteiger partial charge is 0.320 e. The van der Waals surface area contributed by atoms with E-state index in [1.807, 2.05) is 60.7 Å². The summed E-state index contributed by atoms with van der Waals surface area (Å²) >= 11 is 0. The highest BCUT2D eigenvalue weighted by atomic mass is 16.4. The van der Waals surface area contributed by atoms with Crippen molar-refractivity contribution < 1.29 is 14.7 Å². The van der Waals surface area contributed by atoms with E-state index in [0.29, 0.717) is 0 Å². The zero-order valence-electron chi connectivity index (χ0n) is 11.2. The number of aliphatic carboxylic acids is 1. The fourth-order valence-electron chi connectivity index (χ4n) is 1.35. The number of hydrogen-bond acceptors (Lipinski definition) is 3. The van der Waals surface area contributed by atoms with Gasteiger partial charge in [0, 0.05) is 11.1 Å². The maximum Gasteiger partial charge on any atom is 0.320 e. The van der Waals surface area contributed by atoms with E-state index in [0.717, 1.165) is 11.1 Å². The molecule has 0 aliphatic heterocycles. The molecule has 0 aliphatic carbocycles. The standard InChI is InChI=1S/C13H10O.C3H7NO2/c14-13(11-7-3-1-4-8-11)12-9-5-2-6-10-12;1-2(4)3(5)6/h1-10H;2H,4H2,1H3,(H,5,6). The molecule has 2 aromatic rings. The van der Waals surface area contributed by atoms with Crippen molar-refractivity contribution in [3.05, 3.63) is 71.8 Å². The van der Waals surface area contributed by atoms with Crippen molar-refractivity contribution in [2.45, 2.75) is 13.0 Å². The summed E-state index contributed by atoms with van der Waals surface area (Å²) in [4.78, 5) is 21.4. The molecule has 104 valence electrons. The van der Waals surface area contributed by atoms with E-state index in [-0.39, 0.29) is 5.78 Å². The summed E-state index contributed by atoms with van der Waals surface area (Å²) in [5.74, 6) is -0.888. The van der Waals surface area contributed by atoms with Crippen molar-refractivity contribution >= 4 is 11.8 Å². The van der Waals surface area contributed by atoms with E-state index in [4.69, 9.17) is 10.8 Å². The first kappa shape index (κ1) is 15.6. The number of hydrogen-bond donors (Lipinski definition) is 2. The Balaban J connectivity index is 0.000000286. The number of carbonyl (C=O) groups is 2. The topological polar surface area (TPSA) is 80.4 Å². The van der Waals surface area contributed by atoms with Crippen molar-refractivity contribution in [1.82, 2.24) is 0 Å². The van der Waals surface area contributed by atoms with Gasteiger partial charge < -0.3 is 10.8 Å². The molecular formula is C16H17NO3. The van der Waals surface area contributed by atoms with Crippen molar-refractivity contribution in [3.8, 4) is 0 Å². The number of benzene rings is 2. The van der Waals surface area contributed by atoms with E-state index >= 15 is 0 Å². The molecule has 2 aromatic carbocycles. The molecule has 1 unspecified atom stereocenters. The highest BCUT2D eigenvalue weighted by Crippen LogP contribution is 2.08. The molecule has 0 spiro atoms. The third kappa shape index (κ3) is 5.04. The molecule has 4 heteroatoms. The first-order valence-electron chi connectivity index (χ1n) is 6.15. The minimum atomic E-state index is -0.963. The lowest BCUT2D eigenvalue weighted by molar-refractivity contribution is -0.138. The Hall–Kier alpha value is -2.46. The molecule has 20 heavy (non-hydrogen) atoms. The van der Waals surface area contributed by atoms with Crippen LogP contribution >= 0.6 is 0 Å². The van der Waals surface area contributed by atoms with Crippen LogP contribution < -0.4 is 5.73 Å². The second-order valence-electron chi connectivity index (χ2n) is 4.19. The Bertz CT molecular complexity index is 509. The average molecular weight is 271 g/mol. The molecular weight excluding hydrogens is 254 g/mol. The predicted molar refractivity (Wildman–Crippen MR) is 77.6 cm³/mol. The molecule has 0 bridgehead atoms. The van der Waals surface area contributed by atoms with Crippen molar-refractivity contribution in [3.63, 3.8) is 0 Å². The van der Waals surface area contributed by atoms with Gasteiger partial charge in [0.1, 0.15) is 6.04 Å². The molecule has 0 amide bonds. The Morgan fingerprint density at radius 2 is 1.20 bits per heavy atom. The van der Waals surface area contributed by atoms with Crippen LogP contribution in [-0.2, 0) is 4.79 Å². The molecule has 0 saturated heterocycles. The highest BCUT2D eigenvalue weighted by Gasteiger charge is 2.06. The van der Waals surface area contributed by atoms with Crippen LogP contribution in [0.4, 0.5) is 0 Å². The lowest BCUT2D eigenvalue weighted by Crippen LogP contribution is -2.25. The van der Waals surface area contributed by atoms with Gasteiger partial charge in [-0.25, -0.2) is 0 Å². The largest absolute Gasteiger partial charge is 0.480 e. The van der Waals surface area contributed by atoms with E-state index < -0.39 is 12.0 Å². The summed E-state index contributed by atoms with van der Waals surface area (Å²) in [6, 6.07) is 17.9. The van der Waals surface area contributed by atoms with Gasteiger partial charge in [-0.05, 0) is 6.92 Å². The lowest BCUT2D eigenvalue weighted by Gasteiger charge is -1.99. The van der Waals surface area contributed by atoms with Crippen molar-refractivity contribution in [2.75, 3.05) is 0 Å². The van der Waals surface area contributed by atoms with Crippen LogP contribution in [0, 0.1) is 0 Å². The van der Waals surface area contributed by atoms with Crippen LogP contribution in [0.1, 0.15) is 22.8 Å². The fourth-order valence-corrected chi connectivity index (χ4v) is 1.35. The van der Waals surface area contributed by atoms with E-state index in [1.54, 1.807) is 0 Å². The zero-order chi connectivity index (χ0) is 15.0. The highest BCUT2D eigenvalue weighted by molar-refractivity contribution is 6.08. The molecule has 0 saturated carbocycles. The van der Waals surface area contributed by atoms with E-state index in [9.17, 15) is 9.59 Å². The minimum Gasteiger partial charge on any atom is -0.480 e. The number of ketones is 1. The second kappa shape index (κ2) is 7.86. The number of rotatable bonds is 3. The molecule has 4 nitrogen and oxygen atoms in total. The SMILES string of the molecule is CC(N)C(=O)O.O=C(c1ccccc1)c1ccccc1. The molecule has 3 N–H and O–H groups in total. The number of carboxylic acid groups (broad SMARTS) is 1. The van der Waals surface area contributed by atoms with Crippen LogP contribution in [0.5, 0.6) is 0 Å². The van der Waals surface area contributed by atoms with Crippen molar-refractivity contribution in [2.24, 2.45) is 5.73 Å². The first-order valence-corrected chi connectivity index (χ1v) is 6.15. The van der Waals surface area contributed by atoms with Gasteiger partial charge in [0.05, 0.1) is 0 Å². The van der Waals surface area contributed by atoms with Crippen LogP contribution in [-0.4, -0.2) is 22.9 Å². The third-order valence-corrected chi connectivity index (χ3v) is 2.46. The molecule has 0 heterocycles. The lowest BCUT2D eigenvalue weighted by atomic mass is 10.0. The van der Waals surface area contributed by atoms with Gasteiger partial charge in [0.2, 0.25) is 0 Å². The maximum absolute atomic E-state index is 11.8. The van der Waals surface area contributed by atoms with Crippen LogP contribution in [0.3, 0.4) is 0 Å². The summed E-state index contributed by atoms with van der Waals surface area (Å²) in [6.45, 7) is 1.42. The average Bonchev–Trinajstić information content (AvgIpc) is 2.49. The molecule has 1 atom stereocenters. The fraction of sp³-hybridized carbons (Fsp3) is 0.125. The minimum absolute atomic E-state index is 0.0752. The predicted octanol–water partition coefficient (Wildman–Crippen LogP) is 2.34. The van der Waals surface area contributed by atoms with E-state index in [1.165, 1.54) is 6.92 Å². The van der Waals surface area contributed by atoms with Crippen LogP contribution in [0.2, 0.25) is 0 Å². The van der Waals surface area contributed by atoms with Gasteiger partial charge in [0.15, 0.2) is 5.78 Å².